The Balaban J connectivity index is 1.91. The van der Waals surface area contributed by atoms with Gasteiger partial charge in [0.1, 0.15) is 0 Å². The lowest BCUT2D eigenvalue weighted by molar-refractivity contribution is -0.114. The second-order valence-electron chi connectivity index (χ2n) is 6.90. The molecule has 1 aliphatic heterocycles. The molecule has 0 spiro atoms. The first-order chi connectivity index (χ1) is 12.0. The third-order valence-corrected chi connectivity index (χ3v) is 4.27. The molecule has 0 saturated carbocycles. The van der Waals surface area contributed by atoms with Gasteiger partial charge in [-0.25, -0.2) is 0 Å². The Hall–Kier alpha value is -1.92. The predicted octanol–water partition coefficient (Wildman–Crippen LogP) is 2.12. The quantitative estimate of drug-likeness (QED) is 0.793. The van der Waals surface area contributed by atoms with E-state index in [-0.39, 0.29) is 11.8 Å². The van der Waals surface area contributed by atoms with Crippen LogP contribution in [0.5, 0.6) is 0 Å². The van der Waals surface area contributed by atoms with Gasteiger partial charge in [0.15, 0.2) is 0 Å². The Bertz CT molecular complexity index is 566. The van der Waals surface area contributed by atoms with Gasteiger partial charge in [-0.3, -0.25) is 14.5 Å². The number of amides is 2. The van der Waals surface area contributed by atoms with E-state index in [1.807, 2.05) is 0 Å². The van der Waals surface area contributed by atoms with Crippen molar-refractivity contribution in [3.05, 3.63) is 29.8 Å². The molecule has 1 unspecified atom stereocenters. The van der Waals surface area contributed by atoms with E-state index in [9.17, 15) is 9.59 Å². The predicted molar refractivity (Wildman–Crippen MR) is 98.7 cm³/mol. The minimum absolute atomic E-state index is 0.0867. The zero-order valence-electron chi connectivity index (χ0n) is 15.4. The Morgan fingerprint density at radius 3 is 2.36 bits per heavy atom. The molecule has 25 heavy (non-hydrogen) atoms. The summed E-state index contributed by atoms with van der Waals surface area (Å²) in [5.74, 6) is 0.359. The molecular formula is C19H29N3O3. The molecule has 138 valence electrons. The molecule has 1 heterocycles. The number of carbonyl (C=O) groups excluding carboxylic acids is 2. The van der Waals surface area contributed by atoms with Crippen molar-refractivity contribution in [2.24, 2.45) is 5.92 Å². The number of hydrogen-bond donors (Lipinski definition) is 2. The smallest absolute Gasteiger partial charge is 0.251 e. The molecule has 2 amide bonds. The molecule has 1 fully saturated rings. The lowest BCUT2D eigenvalue weighted by Crippen LogP contribution is -2.49. The fourth-order valence-electron chi connectivity index (χ4n) is 3.07. The molecule has 1 saturated heterocycles. The summed E-state index contributed by atoms with van der Waals surface area (Å²) in [6.45, 7) is 9.84. The summed E-state index contributed by atoms with van der Waals surface area (Å²) in [5, 5.41) is 5.75. The normalized spacial score (nSPS) is 16.5. The topological polar surface area (TPSA) is 70.7 Å². The number of carbonyl (C=O) groups is 2. The standard InChI is InChI=1S/C19H29N3O3/c1-14(2)12-18(22-8-10-25-11-9-22)13-20-19(24)16-4-6-17(7-5-16)21-15(3)23/h4-7,14,18H,8-13H2,1-3H3,(H,20,24)(H,21,23). The monoisotopic (exact) mass is 347 g/mol. The highest BCUT2D eigenvalue weighted by Crippen LogP contribution is 2.14. The van der Waals surface area contributed by atoms with E-state index >= 15 is 0 Å². The van der Waals surface area contributed by atoms with Crippen LogP contribution < -0.4 is 10.6 Å². The number of benzene rings is 1. The number of anilines is 1. The zero-order chi connectivity index (χ0) is 18.2. The van der Waals surface area contributed by atoms with Crippen LogP contribution in [-0.4, -0.2) is 55.6 Å². The maximum atomic E-state index is 12.4. The molecule has 0 aromatic heterocycles. The number of nitrogens with one attached hydrogen (secondary N) is 2. The second kappa shape index (κ2) is 9.53. The molecule has 1 aromatic rings. The molecule has 2 rings (SSSR count). The van der Waals surface area contributed by atoms with E-state index in [1.54, 1.807) is 24.3 Å². The zero-order valence-corrected chi connectivity index (χ0v) is 15.4. The summed E-state index contributed by atoms with van der Waals surface area (Å²) in [6, 6.07) is 7.26. The van der Waals surface area contributed by atoms with Gasteiger partial charge in [-0.05, 0) is 36.6 Å². The van der Waals surface area contributed by atoms with Gasteiger partial charge in [0.25, 0.3) is 5.91 Å². The lowest BCUT2D eigenvalue weighted by Gasteiger charge is -2.35. The Labute approximate surface area is 149 Å². The van der Waals surface area contributed by atoms with Crippen molar-refractivity contribution in [2.45, 2.75) is 33.2 Å². The Morgan fingerprint density at radius 2 is 1.80 bits per heavy atom. The van der Waals surface area contributed by atoms with Gasteiger partial charge in [-0.2, -0.15) is 0 Å². The van der Waals surface area contributed by atoms with Gasteiger partial charge >= 0.3 is 0 Å². The fraction of sp³-hybridized carbons (Fsp3) is 0.579. The average Bonchev–Trinajstić information content (AvgIpc) is 2.59. The summed E-state index contributed by atoms with van der Waals surface area (Å²) in [4.78, 5) is 25.9. The van der Waals surface area contributed by atoms with Crippen LogP contribution in [0.1, 0.15) is 37.6 Å². The molecule has 0 bridgehead atoms. The minimum Gasteiger partial charge on any atom is -0.379 e. The first-order valence-electron chi connectivity index (χ1n) is 8.93. The van der Waals surface area contributed by atoms with Crippen molar-refractivity contribution >= 4 is 17.5 Å². The molecular weight excluding hydrogens is 318 g/mol. The first-order valence-corrected chi connectivity index (χ1v) is 8.93. The van der Waals surface area contributed by atoms with Crippen LogP contribution in [0.4, 0.5) is 5.69 Å². The summed E-state index contributed by atoms with van der Waals surface area (Å²) in [7, 11) is 0. The van der Waals surface area contributed by atoms with Crippen LogP contribution in [0.15, 0.2) is 24.3 Å². The summed E-state index contributed by atoms with van der Waals surface area (Å²) in [5.41, 5.74) is 1.29. The van der Waals surface area contributed by atoms with Crippen LogP contribution in [0.3, 0.4) is 0 Å². The van der Waals surface area contributed by atoms with Crippen molar-refractivity contribution in [2.75, 3.05) is 38.2 Å². The van der Waals surface area contributed by atoms with Crippen LogP contribution >= 0.6 is 0 Å². The maximum Gasteiger partial charge on any atom is 0.251 e. The molecule has 0 radical (unpaired) electrons. The van der Waals surface area contributed by atoms with Gasteiger partial charge in [0.05, 0.1) is 13.2 Å². The van der Waals surface area contributed by atoms with E-state index in [4.69, 9.17) is 4.74 Å². The van der Waals surface area contributed by atoms with Crippen molar-refractivity contribution in [3.8, 4) is 0 Å². The fourth-order valence-corrected chi connectivity index (χ4v) is 3.07. The molecule has 6 heteroatoms. The van der Waals surface area contributed by atoms with Crippen LogP contribution in [-0.2, 0) is 9.53 Å². The van der Waals surface area contributed by atoms with Crippen molar-refractivity contribution in [1.82, 2.24) is 10.2 Å². The number of nitrogens with zero attached hydrogens (tertiary/aromatic N) is 1. The second-order valence-corrected chi connectivity index (χ2v) is 6.90. The molecule has 1 aromatic carbocycles. The summed E-state index contributed by atoms with van der Waals surface area (Å²) >= 11 is 0. The number of morpholine rings is 1. The molecule has 1 aliphatic rings. The van der Waals surface area contributed by atoms with E-state index in [0.29, 0.717) is 29.8 Å². The summed E-state index contributed by atoms with van der Waals surface area (Å²) < 4.78 is 5.43. The molecule has 0 aliphatic carbocycles. The number of ether oxygens (including phenoxy) is 1. The van der Waals surface area contributed by atoms with Crippen molar-refractivity contribution in [1.29, 1.82) is 0 Å². The van der Waals surface area contributed by atoms with Crippen molar-refractivity contribution in [3.63, 3.8) is 0 Å². The maximum absolute atomic E-state index is 12.4. The molecule has 2 N–H and O–H groups in total. The summed E-state index contributed by atoms with van der Waals surface area (Å²) in [6.07, 6.45) is 1.04. The van der Waals surface area contributed by atoms with Crippen LogP contribution in [0, 0.1) is 5.92 Å². The largest absolute Gasteiger partial charge is 0.379 e. The van der Waals surface area contributed by atoms with Crippen LogP contribution in [0.25, 0.3) is 0 Å². The minimum atomic E-state index is -0.126. The van der Waals surface area contributed by atoms with E-state index in [1.165, 1.54) is 6.92 Å². The highest BCUT2D eigenvalue weighted by Gasteiger charge is 2.22. The number of rotatable bonds is 7. The van der Waals surface area contributed by atoms with E-state index in [2.05, 4.69) is 29.4 Å². The van der Waals surface area contributed by atoms with E-state index in [0.717, 1.165) is 32.7 Å². The Morgan fingerprint density at radius 1 is 1.16 bits per heavy atom. The Kier molecular flexibility index (Phi) is 7.40. The van der Waals surface area contributed by atoms with Gasteiger partial charge in [0, 0.05) is 43.9 Å². The lowest BCUT2D eigenvalue weighted by atomic mass is 10.0. The van der Waals surface area contributed by atoms with Crippen molar-refractivity contribution < 1.29 is 14.3 Å². The highest BCUT2D eigenvalue weighted by molar-refractivity contribution is 5.95. The third kappa shape index (κ3) is 6.48. The first kappa shape index (κ1) is 19.4. The average molecular weight is 347 g/mol. The molecule has 6 nitrogen and oxygen atoms in total. The van der Waals surface area contributed by atoms with E-state index < -0.39 is 0 Å². The molecule has 1 atom stereocenters. The third-order valence-electron chi connectivity index (χ3n) is 4.27. The van der Waals surface area contributed by atoms with Crippen LogP contribution in [0.2, 0.25) is 0 Å². The van der Waals surface area contributed by atoms with Gasteiger partial charge in [-0.15, -0.1) is 0 Å². The van der Waals surface area contributed by atoms with Gasteiger partial charge in [0.2, 0.25) is 5.91 Å². The SMILES string of the molecule is CC(=O)Nc1ccc(C(=O)NCC(CC(C)C)N2CCOCC2)cc1. The van der Waals surface area contributed by atoms with Gasteiger partial charge < -0.3 is 15.4 Å². The highest BCUT2D eigenvalue weighted by atomic mass is 16.5. The van der Waals surface area contributed by atoms with Gasteiger partial charge in [-0.1, -0.05) is 13.8 Å². The number of hydrogen-bond acceptors (Lipinski definition) is 4.